The van der Waals surface area contributed by atoms with Gasteiger partial charge in [-0.15, -0.1) is 0 Å². The van der Waals surface area contributed by atoms with Crippen molar-refractivity contribution in [3.63, 3.8) is 0 Å². The van der Waals surface area contributed by atoms with Crippen molar-refractivity contribution >= 4 is 71.5 Å². The number of rotatable bonds is 5. The first-order chi connectivity index (χ1) is 19.2. The van der Waals surface area contributed by atoms with Crippen LogP contribution in [0.5, 0.6) is 11.8 Å². The van der Waals surface area contributed by atoms with E-state index in [2.05, 4.69) is 20.0 Å². The minimum atomic E-state index is -0.159. The predicted octanol–water partition coefficient (Wildman–Crippen LogP) is 6.54. The van der Waals surface area contributed by atoms with E-state index in [1.54, 1.807) is 67.9 Å². The van der Waals surface area contributed by atoms with Crippen molar-refractivity contribution in [3.8, 4) is 11.8 Å². The van der Waals surface area contributed by atoms with Crippen LogP contribution >= 0.6 is 24.4 Å². The lowest BCUT2D eigenvalue weighted by atomic mass is 10.1. The smallest absolute Gasteiger partial charge is 0.220 e. The van der Waals surface area contributed by atoms with Crippen LogP contribution in [-0.4, -0.2) is 51.1 Å². The molecule has 4 aromatic rings. The summed E-state index contributed by atoms with van der Waals surface area (Å²) >= 11 is 11.9. The Morgan fingerprint density at radius 3 is 1.48 bits per heavy atom. The maximum atomic E-state index is 11.5. The lowest BCUT2D eigenvalue weighted by Gasteiger charge is -2.11. The SMILES string of the molecule is CC(C)n1c(O)c(C=C2C=Nc3ccncc32)n(-n2c(C=C3C=Nc4ccncc43)c(O)n(C(C)C)c2=S)c1=S. The summed E-state index contributed by atoms with van der Waals surface area (Å²) in [5, 5.41) is 23.0. The molecule has 0 saturated heterocycles. The average molecular weight is 571 g/mol. The number of nitrogens with zero attached hydrogens (tertiary/aromatic N) is 8. The second-order valence-electron chi connectivity index (χ2n) is 10.0. The lowest BCUT2D eigenvalue weighted by molar-refractivity contribution is 0.397. The van der Waals surface area contributed by atoms with Gasteiger partial charge in [0.1, 0.15) is 11.4 Å². The van der Waals surface area contributed by atoms with Crippen LogP contribution in [0.4, 0.5) is 11.4 Å². The van der Waals surface area contributed by atoms with Gasteiger partial charge in [0.05, 0.1) is 11.4 Å². The summed E-state index contributed by atoms with van der Waals surface area (Å²) in [6.07, 6.45) is 13.9. The Hall–Kier alpha value is -4.42. The quantitative estimate of drug-likeness (QED) is 0.264. The molecule has 10 nitrogen and oxygen atoms in total. The summed E-state index contributed by atoms with van der Waals surface area (Å²) in [4.78, 5) is 17.4. The summed E-state index contributed by atoms with van der Waals surface area (Å²) < 4.78 is 7.22. The molecule has 0 aromatic carbocycles. The number of allylic oxidation sites excluding steroid dienone is 2. The molecular weight excluding hydrogens is 544 g/mol. The summed E-state index contributed by atoms with van der Waals surface area (Å²) in [5.74, 6) is -0.0694. The number of aromatic nitrogens is 6. The standard InChI is InChI=1S/C28H26N8O2S2/c1-15(2)33-25(37)23(9-17-11-31-21-5-7-29-13-19(17)21)35(27(33)39)36-24(26(38)34(16(3)4)28(36)40)10-18-12-32-22-6-8-30-14-20(18)22/h5-16,37-38H,1-4H3. The molecule has 4 aromatic heterocycles. The number of aliphatic imine (C=N–C) groups is 2. The predicted molar refractivity (Wildman–Crippen MR) is 162 cm³/mol. The van der Waals surface area contributed by atoms with Gasteiger partial charge in [0.25, 0.3) is 0 Å². The molecule has 6 rings (SSSR count). The molecular formula is C28H26N8O2S2. The molecule has 0 radical (unpaired) electrons. The van der Waals surface area contributed by atoms with Crippen LogP contribution < -0.4 is 0 Å². The Labute approximate surface area is 240 Å². The van der Waals surface area contributed by atoms with Crippen molar-refractivity contribution in [1.29, 1.82) is 0 Å². The van der Waals surface area contributed by atoms with Gasteiger partial charge in [-0.3, -0.25) is 29.1 Å². The Morgan fingerprint density at radius 1 is 0.700 bits per heavy atom. The highest BCUT2D eigenvalue weighted by Crippen LogP contribution is 2.38. The normalized spacial score (nSPS) is 15.8. The summed E-state index contributed by atoms with van der Waals surface area (Å²) in [6.45, 7) is 7.74. The van der Waals surface area contributed by atoms with Crippen LogP contribution in [0.15, 0.2) is 46.9 Å². The Bertz CT molecular complexity index is 1790. The van der Waals surface area contributed by atoms with Gasteiger partial charge in [0.2, 0.25) is 21.3 Å². The lowest BCUT2D eigenvalue weighted by Crippen LogP contribution is -2.15. The number of fused-ring (bicyclic) bond motifs is 2. The van der Waals surface area contributed by atoms with E-state index in [1.165, 1.54) is 0 Å². The van der Waals surface area contributed by atoms with Crippen LogP contribution in [-0.2, 0) is 0 Å². The first-order valence-corrected chi connectivity index (χ1v) is 13.5. The maximum Gasteiger partial charge on any atom is 0.220 e. The highest BCUT2D eigenvalue weighted by atomic mass is 32.1. The zero-order valence-corrected chi connectivity index (χ0v) is 23.8. The number of imidazole rings is 2. The zero-order chi connectivity index (χ0) is 28.3. The average Bonchev–Trinajstić information content (AvgIpc) is 3.64. The minimum Gasteiger partial charge on any atom is -0.493 e. The largest absolute Gasteiger partial charge is 0.493 e. The van der Waals surface area contributed by atoms with Crippen LogP contribution in [0.2, 0.25) is 0 Å². The van der Waals surface area contributed by atoms with E-state index in [4.69, 9.17) is 24.4 Å². The van der Waals surface area contributed by atoms with E-state index in [0.29, 0.717) is 20.9 Å². The van der Waals surface area contributed by atoms with Gasteiger partial charge >= 0.3 is 0 Å². The minimum absolute atomic E-state index is 0.0347. The van der Waals surface area contributed by atoms with Crippen molar-refractivity contribution in [2.45, 2.75) is 39.8 Å². The van der Waals surface area contributed by atoms with Gasteiger partial charge in [0, 0.05) is 71.6 Å². The molecule has 202 valence electrons. The fourth-order valence-corrected chi connectivity index (χ4v) is 5.94. The fraction of sp³-hybridized carbons (Fsp3) is 0.214. The molecule has 0 saturated carbocycles. The first-order valence-electron chi connectivity index (χ1n) is 12.7. The van der Waals surface area contributed by atoms with Gasteiger partial charge < -0.3 is 10.2 Å². The number of pyridine rings is 2. The highest BCUT2D eigenvalue weighted by molar-refractivity contribution is 7.71. The van der Waals surface area contributed by atoms with Crippen LogP contribution in [0, 0.1) is 9.54 Å². The number of hydrogen-bond donors (Lipinski definition) is 2. The third kappa shape index (κ3) is 3.90. The van der Waals surface area contributed by atoms with Gasteiger partial charge in [-0.05, 0) is 76.4 Å². The molecule has 2 aliphatic rings. The molecule has 12 heteroatoms. The third-order valence-corrected chi connectivity index (χ3v) is 7.61. The van der Waals surface area contributed by atoms with Gasteiger partial charge in [-0.25, -0.2) is 9.35 Å². The molecule has 6 heterocycles. The molecule has 0 atom stereocenters. The van der Waals surface area contributed by atoms with Gasteiger partial charge in [-0.2, -0.15) is 0 Å². The van der Waals surface area contributed by atoms with Crippen LogP contribution in [0.3, 0.4) is 0 Å². The van der Waals surface area contributed by atoms with Crippen LogP contribution in [0.25, 0.3) is 23.3 Å². The number of hydrogen-bond acceptors (Lipinski definition) is 8. The molecule has 0 fully saturated rings. The molecule has 40 heavy (non-hydrogen) atoms. The molecule has 2 aliphatic heterocycles. The maximum absolute atomic E-state index is 11.5. The van der Waals surface area contributed by atoms with E-state index in [0.717, 1.165) is 33.6 Å². The van der Waals surface area contributed by atoms with Crippen molar-refractivity contribution in [2.24, 2.45) is 9.98 Å². The Kier molecular flexibility index (Phi) is 6.23. The highest BCUT2D eigenvalue weighted by Gasteiger charge is 2.27. The van der Waals surface area contributed by atoms with E-state index in [-0.39, 0.29) is 23.8 Å². The second kappa shape index (κ2) is 9.65. The fourth-order valence-electron chi connectivity index (χ4n) is 4.98. The van der Waals surface area contributed by atoms with Crippen molar-refractivity contribution in [2.75, 3.05) is 0 Å². The topological polar surface area (TPSA) is 111 Å². The third-order valence-electron chi connectivity index (χ3n) is 6.87. The van der Waals surface area contributed by atoms with Crippen molar-refractivity contribution in [1.82, 2.24) is 28.5 Å². The van der Waals surface area contributed by atoms with Crippen molar-refractivity contribution in [3.05, 3.63) is 69.0 Å². The van der Waals surface area contributed by atoms with E-state index < -0.39 is 0 Å². The Morgan fingerprint density at radius 2 is 1.10 bits per heavy atom. The summed E-state index contributed by atoms with van der Waals surface area (Å²) in [7, 11) is 0. The van der Waals surface area contributed by atoms with Gasteiger partial charge in [0.15, 0.2) is 0 Å². The molecule has 0 spiro atoms. The monoisotopic (exact) mass is 570 g/mol. The second-order valence-corrected chi connectivity index (χ2v) is 10.8. The molecule has 0 bridgehead atoms. The van der Waals surface area contributed by atoms with Crippen molar-refractivity contribution < 1.29 is 10.2 Å². The number of aromatic hydroxyl groups is 2. The molecule has 0 aliphatic carbocycles. The first kappa shape index (κ1) is 25.8. The van der Waals surface area contributed by atoms with E-state index in [9.17, 15) is 10.2 Å². The van der Waals surface area contributed by atoms with Crippen LogP contribution in [0.1, 0.15) is 62.3 Å². The molecule has 0 amide bonds. The van der Waals surface area contributed by atoms with E-state index >= 15 is 0 Å². The Balaban J connectivity index is 1.67. The van der Waals surface area contributed by atoms with Gasteiger partial charge in [-0.1, -0.05) is 0 Å². The molecule has 0 unspecified atom stereocenters. The zero-order valence-electron chi connectivity index (χ0n) is 22.2. The summed E-state index contributed by atoms with van der Waals surface area (Å²) in [6, 6.07) is 3.34. The van der Waals surface area contributed by atoms with E-state index in [1.807, 2.05) is 39.8 Å². The molecule has 2 N–H and O–H groups in total. The summed E-state index contributed by atoms with van der Waals surface area (Å²) in [5.41, 5.74) is 5.51.